The molecule has 2 fully saturated rings. The van der Waals surface area contributed by atoms with Gasteiger partial charge in [0.05, 0.1) is 18.0 Å². The van der Waals surface area contributed by atoms with Gasteiger partial charge < -0.3 is 22.3 Å². The van der Waals surface area contributed by atoms with E-state index >= 15 is 0 Å². The van der Waals surface area contributed by atoms with Gasteiger partial charge >= 0.3 is 0 Å². The van der Waals surface area contributed by atoms with Crippen LogP contribution in [0.4, 0.5) is 0 Å². The summed E-state index contributed by atoms with van der Waals surface area (Å²) in [6.07, 6.45) is 15.4. The molecule has 3 heteroatoms. The van der Waals surface area contributed by atoms with E-state index in [2.05, 4.69) is 19.4 Å². The molecule has 0 heterocycles. The first-order valence-corrected chi connectivity index (χ1v) is 7.20. The van der Waals surface area contributed by atoms with Crippen molar-refractivity contribution in [3.05, 3.63) is 25.2 Å². The van der Waals surface area contributed by atoms with E-state index in [1.54, 1.807) is 7.11 Å². The van der Waals surface area contributed by atoms with Crippen LogP contribution in [0, 0.1) is 12.8 Å². The van der Waals surface area contributed by atoms with Gasteiger partial charge in [-0.2, -0.15) is 25.7 Å². The van der Waals surface area contributed by atoms with Gasteiger partial charge in [0.25, 0.3) is 0 Å². The number of allylic oxidation sites excluding steroid dienone is 1. The molecule has 2 saturated carbocycles. The number of methoxy groups -OCH3 is 1. The van der Waals surface area contributed by atoms with Crippen molar-refractivity contribution in [2.45, 2.75) is 70.5 Å². The van der Waals surface area contributed by atoms with Crippen molar-refractivity contribution in [2.24, 2.45) is 0 Å². The SMILES string of the molecule is C=C(C)OC1CC[CH-]CC1.COC1CC[CH-]CC1.[Y]. The number of hydrogen-bond donors (Lipinski definition) is 0. The summed E-state index contributed by atoms with van der Waals surface area (Å²) in [6.45, 7) is 5.63. The summed E-state index contributed by atoms with van der Waals surface area (Å²) >= 11 is 0. The first-order valence-electron chi connectivity index (χ1n) is 7.20. The minimum absolute atomic E-state index is 0. The van der Waals surface area contributed by atoms with Crippen molar-refractivity contribution >= 4 is 0 Å². The minimum Gasteiger partial charge on any atom is -0.496 e. The van der Waals surface area contributed by atoms with Crippen LogP contribution in [0.5, 0.6) is 0 Å². The fourth-order valence-corrected chi connectivity index (χ4v) is 2.43. The Morgan fingerprint density at radius 3 is 1.68 bits per heavy atom. The predicted octanol–water partition coefficient (Wildman–Crippen LogP) is 4.46. The molecule has 0 atom stereocenters. The zero-order valence-corrected chi connectivity index (χ0v) is 15.4. The molecule has 2 aliphatic rings. The molecule has 0 aromatic rings. The molecule has 109 valence electrons. The monoisotopic (exact) mass is 341 g/mol. The summed E-state index contributed by atoms with van der Waals surface area (Å²) in [4.78, 5) is 0. The fourth-order valence-electron chi connectivity index (χ4n) is 2.43. The van der Waals surface area contributed by atoms with Crippen LogP contribution in [0.3, 0.4) is 0 Å². The fraction of sp³-hybridized carbons (Fsp3) is 0.750. The van der Waals surface area contributed by atoms with Gasteiger partial charge in [-0.05, 0) is 19.8 Å². The van der Waals surface area contributed by atoms with Crippen LogP contribution in [0.1, 0.15) is 58.3 Å². The van der Waals surface area contributed by atoms with Crippen LogP contribution in [-0.4, -0.2) is 19.3 Å². The maximum atomic E-state index is 5.48. The molecule has 0 amide bonds. The number of ether oxygens (including phenoxy) is 2. The Kier molecular flexibility index (Phi) is 12.7. The molecule has 0 spiro atoms. The van der Waals surface area contributed by atoms with Crippen molar-refractivity contribution in [3.8, 4) is 0 Å². The maximum absolute atomic E-state index is 5.48. The van der Waals surface area contributed by atoms with Crippen molar-refractivity contribution in [2.75, 3.05) is 7.11 Å². The van der Waals surface area contributed by atoms with E-state index in [-0.39, 0.29) is 32.7 Å². The molecular formula is C16H28O2Y-2. The molecule has 19 heavy (non-hydrogen) atoms. The molecule has 0 bridgehead atoms. The van der Waals surface area contributed by atoms with Crippen LogP contribution in [-0.2, 0) is 42.2 Å². The van der Waals surface area contributed by atoms with E-state index in [0.29, 0.717) is 12.2 Å². The summed E-state index contributed by atoms with van der Waals surface area (Å²) < 4.78 is 10.6. The van der Waals surface area contributed by atoms with Gasteiger partial charge in [0.15, 0.2) is 0 Å². The molecule has 1 radical (unpaired) electrons. The van der Waals surface area contributed by atoms with E-state index in [1.807, 2.05) is 6.92 Å². The third kappa shape index (κ3) is 10.0. The molecular weight excluding hydrogens is 313 g/mol. The van der Waals surface area contributed by atoms with E-state index in [1.165, 1.54) is 51.4 Å². The Balaban J connectivity index is 0.000000331. The molecule has 2 nitrogen and oxygen atoms in total. The predicted molar refractivity (Wildman–Crippen MR) is 76.0 cm³/mol. The van der Waals surface area contributed by atoms with E-state index in [9.17, 15) is 0 Å². The van der Waals surface area contributed by atoms with Gasteiger partial charge in [-0.25, -0.2) is 0 Å². The zero-order valence-electron chi connectivity index (χ0n) is 12.6. The van der Waals surface area contributed by atoms with Crippen LogP contribution in [0.15, 0.2) is 12.3 Å². The molecule has 0 N–H and O–H groups in total. The van der Waals surface area contributed by atoms with E-state index in [4.69, 9.17) is 9.47 Å². The van der Waals surface area contributed by atoms with E-state index in [0.717, 1.165) is 5.76 Å². The summed E-state index contributed by atoms with van der Waals surface area (Å²) in [5, 5.41) is 0. The second kappa shape index (κ2) is 12.4. The molecule has 2 rings (SSSR count). The van der Waals surface area contributed by atoms with Gasteiger partial charge in [0.1, 0.15) is 0 Å². The van der Waals surface area contributed by atoms with Crippen molar-refractivity contribution < 1.29 is 42.2 Å². The summed E-state index contributed by atoms with van der Waals surface area (Å²) in [5.41, 5.74) is 0. The number of rotatable bonds is 3. The number of hydrogen-bond acceptors (Lipinski definition) is 2. The third-order valence-electron chi connectivity index (χ3n) is 3.47. The summed E-state index contributed by atoms with van der Waals surface area (Å²) in [7, 11) is 1.80. The Morgan fingerprint density at radius 1 is 0.947 bits per heavy atom. The Hall–Kier alpha value is 0.604. The van der Waals surface area contributed by atoms with Crippen LogP contribution in [0.2, 0.25) is 0 Å². The van der Waals surface area contributed by atoms with Gasteiger partial charge in [-0.15, -0.1) is 0 Å². The van der Waals surface area contributed by atoms with Gasteiger partial charge in [0, 0.05) is 39.8 Å². The first kappa shape index (κ1) is 19.6. The second-order valence-electron chi connectivity index (χ2n) is 5.19. The van der Waals surface area contributed by atoms with Gasteiger partial charge in [-0.3, -0.25) is 0 Å². The Morgan fingerprint density at radius 2 is 1.37 bits per heavy atom. The quantitative estimate of drug-likeness (QED) is 0.557. The normalized spacial score (nSPS) is 20.7. The van der Waals surface area contributed by atoms with Crippen molar-refractivity contribution in [1.82, 2.24) is 0 Å². The standard InChI is InChI=1S/C9H15O.C7H13O.Y/c1-8(2)10-9-6-4-3-5-7-9;1-8-7-5-3-2-4-6-7;/h3,9H,1,4-7H2,2H3;2,7H,3-6H2,1H3;/q2*-1;. The van der Waals surface area contributed by atoms with E-state index < -0.39 is 0 Å². The largest absolute Gasteiger partial charge is 0.496 e. The van der Waals surface area contributed by atoms with Crippen LogP contribution >= 0.6 is 0 Å². The smallest absolute Gasteiger partial charge is 0.0933 e. The van der Waals surface area contributed by atoms with Gasteiger partial charge in [0.2, 0.25) is 0 Å². The topological polar surface area (TPSA) is 18.5 Å². The molecule has 0 unspecified atom stereocenters. The Bertz CT molecular complexity index is 219. The first-order chi connectivity index (χ1) is 8.72. The van der Waals surface area contributed by atoms with Crippen molar-refractivity contribution in [1.29, 1.82) is 0 Å². The molecule has 0 aromatic heterocycles. The average molecular weight is 341 g/mol. The van der Waals surface area contributed by atoms with Crippen LogP contribution < -0.4 is 0 Å². The third-order valence-corrected chi connectivity index (χ3v) is 3.47. The van der Waals surface area contributed by atoms with Crippen molar-refractivity contribution in [3.63, 3.8) is 0 Å². The molecule has 0 aromatic carbocycles. The minimum atomic E-state index is 0. The molecule has 0 aliphatic heterocycles. The van der Waals surface area contributed by atoms with Crippen LogP contribution in [0.25, 0.3) is 0 Å². The average Bonchev–Trinajstić information content (AvgIpc) is 2.41. The zero-order chi connectivity index (χ0) is 13.2. The molecule has 2 aliphatic carbocycles. The summed E-state index contributed by atoms with van der Waals surface area (Å²) in [6, 6.07) is 0. The van der Waals surface area contributed by atoms with Gasteiger partial charge in [-0.1, -0.05) is 19.4 Å². The molecule has 0 saturated heterocycles. The Labute approximate surface area is 144 Å². The maximum Gasteiger partial charge on any atom is 0.0933 e. The second-order valence-corrected chi connectivity index (χ2v) is 5.19. The summed E-state index contributed by atoms with van der Waals surface area (Å²) in [5.74, 6) is 0.854.